The third kappa shape index (κ3) is 6.70. The van der Waals surface area contributed by atoms with Gasteiger partial charge in [0.1, 0.15) is 35.3 Å². The predicted octanol–water partition coefficient (Wildman–Crippen LogP) is 5.12. The van der Waals surface area contributed by atoms with Gasteiger partial charge >= 0.3 is 0 Å². The SMILES string of the molecule is O=C(C[C@H]1C[C@H]2c3cc(NS(=O)(=O)c4ccc(F)cc4)ccc3O[C@H]2[C@H](CO)O1)NCc1ccc(Oc2ccccc2)cc1. The van der Waals surface area contributed by atoms with Crippen molar-refractivity contribution in [3.05, 3.63) is 114 Å². The summed E-state index contributed by atoms with van der Waals surface area (Å²) in [4.78, 5) is 12.8. The summed E-state index contributed by atoms with van der Waals surface area (Å²) in [6, 6.07) is 26.4. The maximum absolute atomic E-state index is 13.3. The molecule has 4 aromatic carbocycles. The lowest BCUT2D eigenvalue weighted by atomic mass is 9.84. The molecule has 0 saturated carbocycles. The molecule has 228 valence electrons. The number of carbonyl (C=O) groups is 1. The van der Waals surface area contributed by atoms with Crippen LogP contribution in [0.3, 0.4) is 0 Å². The Hall–Kier alpha value is -4.45. The fourth-order valence-corrected chi connectivity index (χ4v) is 6.61. The zero-order valence-electron chi connectivity index (χ0n) is 23.6. The van der Waals surface area contributed by atoms with Gasteiger partial charge in [0.25, 0.3) is 10.0 Å². The highest BCUT2D eigenvalue weighted by atomic mass is 32.2. The Morgan fingerprint density at radius 1 is 0.955 bits per heavy atom. The van der Waals surface area contributed by atoms with Crippen LogP contribution in [0, 0.1) is 5.82 Å². The van der Waals surface area contributed by atoms with Crippen molar-refractivity contribution in [1.29, 1.82) is 0 Å². The van der Waals surface area contributed by atoms with Crippen LogP contribution in [0.15, 0.2) is 102 Å². The summed E-state index contributed by atoms with van der Waals surface area (Å²) in [5, 5.41) is 13.0. The molecule has 1 amide bonds. The van der Waals surface area contributed by atoms with Crippen LogP contribution < -0.4 is 19.5 Å². The topological polar surface area (TPSA) is 123 Å². The Morgan fingerprint density at radius 2 is 1.68 bits per heavy atom. The summed E-state index contributed by atoms with van der Waals surface area (Å²) < 4.78 is 59.5. The molecule has 2 heterocycles. The average molecular weight is 619 g/mol. The van der Waals surface area contributed by atoms with E-state index in [2.05, 4.69) is 10.0 Å². The largest absolute Gasteiger partial charge is 0.487 e. The molecule has 4 aromatic rings. The number of halogens is 1. The average Bonchev–Trinajstić information content (AvgIpc) is 3.39. The van der Waals surface area contributed by atoms with Gasteiger partial charge < -0.3 is 24.6 Å². The van der Waals surface area contributed by atoms with Crippen molar-refractivity contribution in [3.8, 4) is 17.2 Å². The van der Waals surface area contributed by atoms with Crippen molar-refractivity contribution in [3.63, 3.8) is 0 Å². The monoisotopic (exact) mass is 618 g/mol. The van der Waals surface area contributed by atoms with Crippen molar-refractivity contribution < 1.29 is 36.9 Å². The molecule has 4 atom stereocenters. The Labute approximate surface area is 254 Å². The molecule has 11 heteroatoms. The van der Waals surface area contributed by atoms with Gasteiger partial charge in [-0.15, -0.1) is 0 Å². The lowest BCUT2D eigenvalue weighted by Gasteiger charge is -2.37. The lowest BCUT2D eigenvalue weighted by molar-refractivity contribution is -0.142. The van der Waals surface area contributed by atoms with Gasteiger partial charge in [0.2, 0.25) is 5.91 Å². The summed E-state index contributed by atoms with van der Waals surface area (Å²) in [5.41, 5.74) is 1.99. The zero-order valence-corrected chi connectivity index (χ0v) is 24.4. The third-order valence-electron chi connectivity index (χ3n) is 7.68. The summed E-state index contributed by atoms with van der Waals surface area (Å²) >= 11 is 0. The number of para-hydroxylation sites is 1. The van der Waals surface area contributed by atoms with E-state index in [9.17, 15) is 22.7 Å². The quantitative estimate of drug-likeness (QED) is 0.226. The number of ether oxygens (including phenoxy) is 3. The fraction of sp³-hybridized carbons (Fsp3) is 0.242. The molecule has 1 saturated heterocycles. The van der Waals surface area contributed by atoms with Crippen molar-refractivity contribution in [1.82, 2.24) is 5.32 Å². The molecule has 0 radical (unpaired) electrons. The highest BCUT2D eigenvalue weighted by Crippen LogP contribution is 2.47. The van der Waals surface area contributed by atoms with Gasteiger partial charge in [0.15, 0.2) is 0 Å². The van der Waals surface area contributed by atoms with Crippen molar-refractivity contribution in [2.45, 2.75) is 48.5 Å². The molecule has 9 nitrogen and oxygen atoms in total. The van der Waals surface area contributed by atoms with Gasteiger partial charge in [-0.25, -0.2) is 12.8 Å². The summed E-state index contributed by atoms with van der Waals surface area (Å²) in [7, 11) is -3.95. The minimum atomic E-state index is -3.95. The Balaban J connectivity index is 1.08. The molecule has 44 heavy (non-hydrogen) atoms. The van der Waals surface area contributed by atoms with Crippen molar-refractivity contribution >= 4 is 21.6 Å². The minimum absolute atomic E-state index is 0.0672. The number of nitrogens with one attached hydrogen (secondary N) is 2. The molecular weight excluding hydrogens is 587 g/mol. The molecule has 0 unspecified atom stereocenters. The first-order valence-corrected chi connectivity index (χ1v) is 15.7. The van der Waals surface area contributed by atoms with Gasteiger partial charge in [-0.05, 0) is 78.7 Å². The fourth-order valence-electron chi connectivity index (χ4n) is 5.56. The number of benzene rings is 4. The number of hydrogen-bond acceptors (Lipinski definition) is 7. The molecule has 6 rings (SSSR count). The number of aliphatic hydroxyl groups is 1. The highest BCUT2D eigenvalue weighted by Gasteiger charge is 2.46. The summed E-state index contributed by atoms with van der Waals surface area (Å²) in [6.07, 6.45) is -1.09. The molecule has 0 aromatic heterocycles. The molecule has 2 aliphatic rings. The van der Waals surface area contributed by atoms with Crippen molar-refractivity contribution in [2.75, 3.05) is 11.3 Å². The third-order valence-corrected chi connectivity index (χ3v) is 9.08. The van der Waals surface area contributed by atoms with Crippen LogP contribution in [0.4, 0.5) is 10.1 Å². The predicted molar refractivity (Wildman–Crippen MR) is 161 cm³/mol. The number of hydrogen-bond donors (Lipinski definition) is 3. The van der Waals surface area contributed by atoms with E-state index in [-0.39, 0.29) is 29.7 Å². The van der Waals surface area contributed by atoms with Gasteiger partial charge in [0, 0.05) is 23.7 Å². The highest BCUT2D eigenvalue weighted by molar-refractivity contribution is 7.92. The zero-order chi connectivity index (χ0) is 30.7. The Bertz CT molecular complexity index is 1720. The van der Waals surface area contributed by atoms with E-state index < -0.39 is 34.2 Å². The molecule has 0 spiro atoms. The second-order valence-corrected chi connectivity index (χ2v) is 12.4. The first-order valence-electron chi connectivity index (χ1n) is 14.2. The van der Waals surface area contributed by atoms with Gasteiger partial charge in [0.05, 0.1) is 24.0 Å². The first-order chi connectivity index (χ1) is 21.3. The number of rotatable bonds is 10. The number of carbonyl (C=O) groups excluding carboxylic acids is 1. The summed E-state index contributed by atoms with van der Waals surface area (Å²) in [5.74, 6) is 1.04. The summed E-state index contributed by atoms with van der Waals surface area (Å²) in [6.45, 7) is 0.0326. The van der Waals surface area contributed by atoms with Crippen LogP contribution in [-0.4, -0.2) is 44.4 Å². The van der Waals surface area contributed by atoms with E-state index >= 15 is 0 Å². The number of anilines is 1. The van der Waals surface area contributed by atoms with Gasteiger partial charge in [-0.2, -0.15) is 0 Å². The maximum Gasteiger partial charge on any atom is 0.261 e. The van der Waals surface area contributed by atoms with E-state index in [4.69, 9.17) is 14.2 Å². The van der Waals surface area contributed by atoms with Crippen LogP contribution in [0.1, 0.15) is 29.9 Å². The molecule has 3 N–H and O–H groups in total. The van der Waals surface area contributed by atoms with E-state index in [1.165, 1.54) is 12.1 Å². The normalized spacial score (nSPS) is 20.6. The van der Waals surface area contributed by atoms with E-state index in [0.717, 1.165) is 29.0 Å². The van der Waals surface area contributed by atoms with Crippen LogP contribution >= 0.6 is 0 Å². The smallest absolute Gasteiger partial charge is 0.261 e. The minimum Gasteiger partial charge on any atom is -0.487 e. The Morgan fingerprint density at radius 3 is 2.41 bits per heavy atom. The van der Waals surface area contributed by atoms with E-state index in [0.29, 0.717) is 30.2 Å². The van der Waals surface area contributed by atoms with E-state index in [1.807, 2.05) is 54.6 Å². The second kappa shape index (κ2) is 12.7. The van der Waals surface area contributed by atoms with Crippen LogP contribution in [0.5, 0.6) is 17.2 Å². The van der Waals surface area contributed by atoms with Gasteiger partial charge in [-0.1, -0.05) is 30.3 Å². The maximum atomic E-state index is 13.3. The van der Waals surface area contributed by atoms with E-state index in [1.54, 1.807) is 18.2 Å². The first kappa shape index (κ1) is 29.6. The van der Waals surface area contributed by atoms with Crippen LogP contribution in [0.2, 0.25) is 0 Å². The molecule has 1 fully saturated rings. The van der Waals surface area contributed by atoms with Gasteiger partial charge in [-0.3, -0.25) is 9.52 Å². The van der Waals surface area contributed by atoms with Crippen LogP contribution in [-0.2, 0) is 26.1 Å². The number of sulfonamides is 1. The molecule has 0 bridgehead atoms. The second-order valence-electron chi connectivity index (χ2n) is 10.8. The van der Waals surface area contributed by atoms with Crippen LogP contribution in [0.25, 0.3) is 0 Å². The number of fused-ring (bicyclic) bond motifs is 3. The number of aliphatic hydroxyl groups excluding tert-OH is 1. The molecule has 2 aliphatic heterocycles. The number of amides is 1. The lowest BCUT2D eigenvalue weighted by Crippen LogP contribution is -2.47. The standard InChI is InChI=1S/C33H31FN2O7S/c34-22-8-13-27(14-9-22)44(39,40)36-23-10-15-30-28(16-23)29-17-26(42-31(20-37)33(29)43-30)18-32(38)35-19-21-6-11-25(12-7-21)41-24-4-2-1-3-5-24/h1-16,26,29,31,33,36-37H,17-20H2,(H,35,38)/t26-,29+,31+,33-/m1/s1. The Kier molecular flexibility index (Phi) is 8.51. The molecular formula is C33H31FN2O7S. The molecule has 0 aliphatic carbocycles. The van der Waals surface area contributed by atoms with Crippen molar-refractivity contribution in [2.24, 2.45) is 0 Å².